The van der Waals surface area contributed by atoms with Crippen LogP contribution in [0.15, 0.2) is 27.9 Å². The summed E-state index contributed by atoms with van der Waals surface area (Å²) in [5.74, 6) is 0. The number of hydrogen-bond donors (Lipinski definition) is 0. The van der Waals surface area contributed by atoms with Crippen molar-refractivity contribution in [1.82, 2.24) is 0 Å². The molecule has 0 nitrogen and oxygen atoms in total. The van der Waals surface area contributed by atoms with Crippen molar-refractivity contribution in [3.63, 3.8) is 0 Å². The molecule has 0 aromatic heterocycles. The van der Waals surface area contributed by atoms with E-state index in [-0.39, 0.29) is 0 Å². The molecule has 0 heterocycles. The van der Waals surface area contributed by atoms with E-state index >= 15 is 0 Å². The van der Waals surface area contributed by atoms with Crippen molar-refractivity contribution >= 4 is 60.2 Å². The van der Waals surface area contributed by atoms with Gasteiger partial charge in [-0.1, -0.05) is 0 Å². The predicted molar refractivity (Wildman–Crippen MR) is 55.9 cm³/mol. The molecule has 0 atom stereocenters. The number of alkyl halides is 3. The van der Waals surface area contributed by atoms with E-state index in [4.69, 9.17) is 11.6 Å². The molecule has 0 saturated carbocycles. The van der Waals surface area contributed by atoms with Gasteiger partial charge in [-0.2, -0.15) is 0 Å². The predicted octanol–water partition coefficient (Wildman–Crippen LogP) is 2.91. The van der Waals surface area contributed by atoms with Gasteiger partial charge in [-0.05, 0) is 0 Å². The van der Waals surface area contributed by atoms with Crippen LogP contribution in [0.5, 0.6) is 0 Å². The first-order valence-corrected chi connectivity index (χ1v) is 7.06. The normalized spacial score (nSPS) is 13.6. The molecule has 4 radical (unpaired) electrons. The van der Waals surface area contributed by atoms with Gasteiger partial charge in [0, 0.05) is 0 Å². The minimum atomic E-state index is -4.21. The van der Waals surface area contributed by atoms with Crippen LogP contribution in [0.3, 0.4) is 0 Å². The summed E-state index contributed by atoms with van der Waals surface area (Å²) in [6, 6.07) is 6.42. The van der Waals surface area contributed by atoms with E-state index in [2.05, 4.69) is 0 Å². The van der Waals surface area contributed by atoms with Crippen LogP contribution < -0.4 is 0 Å². The molecule has 0 fully saturated rings. The van der Waals surface area contributed by atoms with Crippen LogP contribution in [0.1, 0.15) is 5.56 Å². The van der Waals surface area contributed by atoms with Gasteiger partial charge in [-0.25, -0.2) is 0 Å². The van der Waals surface area contributed by atoms with E-state index in [1.807, 2.05) is 0 Å². The Morgan fingerprint density at radius 2 is 1.53 bits per heavy atom. The maximum absolute atomic E-state index is 12.4. The number of halogens is 4. The van der Waals surface area contributed by atoms with Crippen molar-refractivity contribution in [1.29, 1.82) is 0 Å². The molecule has 0 bridgehead atoms. The van der Waals surface area contributed by atoms with Crippen LogP contribution in [-0.4, -0.2) is 51.2 Å². The van der Waals surface area contributed by atoms with Gasteiger partial charge in [-0.15, -0.1) is 0 Å². The minimum absolute atomic E-state index is 0.351. The van der Waals surface area contributed by atoms with Crippen molar-refractivity contribution < 1.29 is 13.2 Å². The summed E-state index contributed by atoms with van der Waals surface area (Å²) in [6.07, 6.45) is -4.21. The van der Waals surface area contributed by atoms with Gasteiger partial charge < -0.3 is 0 Å². The molecule has 0 aliphatic heterocycles. The zero-order chi connectivity index (χ0) is 11.6. The Balaban J connectivity index is 3.14. The summed E-state index contributed by atoms with van der Waals surface area (Å²) < 4.78 is 37.2. The quantitative estimate of drug-likeness (QED) is 0.588. The molecule has 15 heavy (non-hydrogen) atoms. The SMILES string of the molecule is FC(F)(F)/[C]([Sn+])=[C](/[Sn+])c1ccc(Cl)cc1. The number of allylic oxidation sites excluding steroid dienone is 1. The summed E-state index contributed by atoms with van der Waals surface area (Å²) >= 11 is 6.82. The van der Waals surface area contributed by atoms with Crippen molar-refractivity contribution in [2.75, 3.05) is 0 Å². The summed E-state index contributed by atoms with van der Waals surface area (Å²) in [6.45, 7) is 0. The van der Waals surface area contributed by atoms with Gasteiger partial charge >= 0.3 is 118 Å². The average molecular weight is 442 g/mol. The Kier molecular flexibility index (Phi) is 4.85. The maximum atomic E-state index is 12.4. The van der Waals surface area contributed by atoms with Crippen LogP contribution >= 0.6 is 11.6 Å². The molecule has 1 aromatic carbocycles. The molecule has 0 N–H and O–H groups in total. The summed E-state index contributed by atoms with van der Waals surface area (Å²) in [5, 5.41) is 0.528. The van der Waals surface area contributed by atoms with Crippen molar-refractivity contribution in [2.24, 2.45) is 0 Å². The van der Waals surface area contributed by atoms with Gasteiger partial charge in [-0.3, -0.25) is 0 Å². The van der Waals surface area contributed by atoms with Crippen LogP contribution in [0.25, 0.3) is 3.59 Å². The van der Waals surface area contributed by atoms with Crippen molar-refractivity contribution in [2.45, 2.75) is 6.18 Å². The van der Waals surface area contributed by atoms with Gasteiger partial charge in [0.2, 0.25) is 0 Å². The van der Waals surface area contributed by atoms with Gasteiger partial charge in [0.05, 0.1) is 0 Å². The fourth-order valence-corrected chi connectivity index (χ4v) is 2.32. The number of benzene rings is 1. The Hall–Kier alpha value is 0.637. The third kappa shape index (κ3) is 3.85. The molecule has 0 aliphatic rings. The van der Waals surface area contributed by atoms with Crippen LogP contribution in [-0.2, 0) is 0 Å². The number of hydrogen-bond acceptors (Lipinski definition) is 0. The molecule has 0 unspecified atom stereocenters. The van der Waals surface area contributed by atoms with Crippen LogP contribution in [0, 0.1) is 0 Å². The van der Waals surface area contributed by atoms with Crippen LogP contribution in [0.2, 0.25) is 5.02 Å². The topological polar surface area (TPSA) is 0 Å². The molecule has 6 heteroatoms. The average Bonchev–Trinajstić information content (AvgIpc) is 2.15. The Morgan fingerprint density at radius 1 is 1.07 bits per heavy atom. The first-order valence-electron chi connectivity index (χ1n) is 3.83. The molecular weight excluding hydrogens is 438 g/mol. The fourth-order valence-electron chi connectivity index (χ4n) is 0.903. The molecule has 74 valence electrons. The zero-order valence-corrected chi connectivity index (χ0v) is 13.8. The molecule has 0 aliphatic carbocycles. The van der Waals surface area contributed by atoms with E-state index in [0.29, 0.717) is 36.7 Å². The van der Waals surface area contributed by atoms with E-state index in [1.54, 1.807) is 24.3 Å². The number of rotatable bonds is 1. The van der Waals surface area contributed by atoms with E-state index in [1.165, 1.54) is 0 Å². The molecule has 1 aromatic rings. The van der Waals surface area contributed by atoms with E-state index in [9.17, 15) is 13.2 Å². The fraction of sp³-hybridized carbons (Fsp3) is 0.111. The van der Waals surface area contributed by atoms with E-state index in [0.717, 1.165) is 22.5 Å². The van der Waals surface area contributed by atoms with Gasteiger partial charge in [0.25, 0.3) is 0 Å². The van der Waals surface area contributed by atoms with Crippen LogP contribution in [0.4, 0.5) is 13.2 Å². The standard InChI is InChI=1S/C9H4ClF3.2Sn/c10-8-3-1-7(2-4-8)5-6-9(11,12)13;;/h1-4H;;/q;2*+1. The van der Waals surface area contributed by atoms with Crippen molar-refractivity contribution in [3.8, 4) is 0 Å². The van der Waals surface area contributed by atoms with Crippen molar-refractivity contribution in [3.05, 3.63) is 38.4 Å². The first kappa shape index (κ1) is 13.7. The zero-order valence-electron chi connectivity index (χ0n) is 7.32. The summed E-state index contributed by atoms with van der Waals surface area (Å²) in [7, 11) is 0. The monoisotopic (exact) mass is 444 g/mol. The summed E-state index contributed by atoms with van der Waals surface area (Å²) in [5.41, 5.74) is 0.599. The second kappa shape index (κ2) is 5.31. The molecule has 0 amide bonds. The van der Waals surface area contributed by atoms with Gasteiger partial charge in [0.1, 0.15) is 0 Å². The third-order valence-electron chi connectivity index (χ3n) is 1.67. The summed E-state index contributed by atoms with van der Waals surface area (Å²) in [4.78, 5) is 0. The van der Waals surface area contributed by atoms with E-state index < -0.39 is 9.77 Å². The molecule has 0 spiro atoms. The molecular formula is C9H4ClF3Sn2+2. The third-order valence-corrected chi connectivity index (χ3v) is 7.01. The second-order valence-corrected chi connectivity index (χ2v) is 6.05. The first-order chi connectivity index (χ1) is 6.82. The molecule has 1 rings (SSSR count). The van der Waals surface area contributed by atoms with Gasteiger partial charge in [0.15, 0.2) is 0 Å². The second-order valence-electron chi connectivity index (χ2n) is 2.75. The molecule has 0 saturated heterocycles. The Labute approximate surface area is 117 Å². The Bertz CT molecular complexity index is 381. The Morgan fingerprint density at radius 3 is 1.93 bits per heavy atom.